The molecule has 0 unspecified atom stereocenters. The molecule has 0 saturated heterocycles. The summed E-state index contributed by atoms with van der Waals surface area (Å²) in [5.41, 5.74) is 1.04. The lowest BCUT2D eigenvalue weighted by Gasteiger charge is -2.07. The number of benzene rings is 1. The third-order valence-corrected chi connectivity index (χ3v) is 2.54. The Morgan fingerprint density at radius 2 is 1.88 bits per heavy atom. The van der Waals surface area contributed by atoms with Gasteiger partial charge in [-0.1, -0.05) is 35.0 Å². The lowest BCUT2D eigenvalue weighted by Crippen LogP contribution is -2.09. The van der Waals surface area contributed by atoms with Crippen molar-refractivity contribution < 1.29 is 9.63 Å². The summed E-state index contributed by atoms with van der Waals surface area (Å²) in [6.45, 7) is 1.71. The summed E-state index contributed by atoms with van der Waals surface area (Å²) < 4.78 is 0. The SMILES string of the molecule is CC1=CC(=NOc2ccccc2)C(Cl)=CC1=O. The molecule has 0 amide bonds. The van der Waals surface area contributed by atoms with Crippen LogP contribution < -0.4 is 4.84 Å². The van der Waals surface area contributed by atoms with E-state index in [1.54, 1.807) is 25.1 Å². The predicted molar refractivity (Wildman–Crippen MR) is 67.2 cm³/mol. The van der Waals surface area contributed by atoms with Crippen molar-refractivity contribution >= 4 is 23.1 Å². The number of oxime groups is 1. The summed E-state index contributed by atoms with van der Waals surface area (Å²) in [6, 6.07) is 9.14. The summed E-state index contributed by atoms with van der Waals surface area (Å²) >= 11 is 5.89. The van der Waals surface area contributed by atoms with Crippen molar-refractivity contribution in [2.75, 3.05) is 0 Å². The van der Waals surface area contributed by atoms with Crippen LogP contribution in [0.15, 0.2) is 58.2 Å². The van der Waals surface area contributed by atoms with Crippen LogP contribution in [0.25, 0.3) is 0 Å². The third kappa shape index (κ3) is 2.82. The number of carbonyl (C=O) groups is 1. The highest BCUT2D eigenvalue weighted by atomic mass is 35.5. The predicted octanol–water partition coefficient (Wildman–Crippen LogP) is 3.07. The zero-order valence-electron chi connectivity index (χ0n) is 9.18. The molecule has 0 N–H and O–H groups in total. The molecule has 0 aromatic heterocycles. The van der Waals surface area contributed by atoms with Crippen LogP contribution >= 0.6 is 11.6 Å². The monoisotopic (exact) mass is 247 g/mol. The fourth-order valence-electron chi connectivity index (χ4n) is 1.30. The lowest BCUT2D eigenvalue weighted by molar-refractivity contribution is -0.111. The Morgan fingerprint density at radius 1 is 1.18 bits per heavy atom. The van der Waals surface area contributed by atoms with Crippen molar-refractivity contribution in [3.8, 4) is 5.75 Å². The molecule has 0 radical (unpaired) electrons. The Hall–Kier alpha value is -1.87. The minimum atomic E-state index is -0.103. The number of hydrogen-bond acceptors (Lipinski definition) is 3. The second kappa shape index (κ2) is 4.97. The van der Waals surface area contributed by atoms with Gasteiger partial charge in [0.2, 0.25) is 0 Å². The molecule has 0 aliphatic heterocycles. The topological polar surface area (TPSA) is 38.7 Å². The minimum Gasteiger partial charge on any atom is -0.356 e. The maximum atomic E-state index is 11.3. The van der Waals surface area contributed by atoms with E-state index in [4.69, 9.17) is 16.4 Å². The molecule has 4 heteroatoms. The third-order valence-electron chi connectivity index (χ3n) is 2.24. The van der Waals surface area contributed by atoms with Gasteiger partial charge in [-0.3, -0.25) is 4.79 Å². The van der Waals surface area contributed by atoms with Crippen molar-refractivity contribution in [3.05, 3.63) is 53.1 Å². The maximum Gasteiger partial charge on any atom is 0.183 e. The smallest absolute Gasteiger partial charge is 0.183 e. The highest BCUT2D eigenvalue weighted by Gasteiger charge is 2.14. The molecule has 0 fully saturated rings. The van der Waals surface area contributed by atoms with Crippen molar-refractivity contribution in [3.63, 3.8) is 0 Å². The van der Waals surface area contributed by atoms with Crippen molar-refractivity contribution in [1.82, 2.24) is 0 Å². The van der Waals surface area contributed by atoms with Crippen LogP contribution in [0.2, 0.25) is 0 Å². The van der Waals surface area contributed by atoms with Crippen LogP contribution in [0.5, 0.6) is 5.75 Å². The molecule has 2 rings (SSSR count). The summed E-state index contributed by atoms with van der Waals surface area (Å²) in [6.07, 6.45) is 2.94. The van der Waals surface area contributed by atoms with E-state index in [1.165, 1.54) is 6.08 Å². The average Bonchev–Trinajstić information content (AvgIpc) is 2.33. The maximum absolute atomic E-state index is 11.3. The lowest BCUT2D eigenvalue weighted by atomic mass is 10.1. The van der Waals surface area contributed by atoms with Gasteiger partial charge in [-0.25, -0.2) is 0 Å². The number of carbonyl (C=O) groups excluding carboxylic acids is 1. The summed E-state index contributed by atoms with van der Waals surface area (Å²) in [4.78, 5) is 16.5. The fourth-order valence-corrected chi connectivity index (χ4v) is 1.49. The molecular formula is C13H10ClNO2. The summed E-state index contributed by atoms with van der Waals surface area (Å²) in [7, 11) is 0. The Labute approximate surface area is 104 Å². The van der Waals surface area contributed by atoms with Gasteiger partial charge in [0.1, 0.15) is 5.71 Å². The van der Waals surface area contributed by atoms with E-state index in [0.717, 1.165) is 0 Å². The second-order valence-electron chi connectivity index (χ2n) is 3.56. The number of rotatable bonds is 2. The van der Waals surface area contributed by atoms with Gasteiger partial charge in [0.25, 0.3) is 0 Å². The van der Waals surface area contributed by atoms with Gasteiger partial charge in [0.15, 0.2) is 11.5 Å². The molecule has 1 aromatic carbocycles. The molecule has 0 spiro atoms. The van der Waals surface area contributed by atoms with Gasteiger partial charge in [0.05, 0.1) is 5.03 Å². The van der Waals surface area contributed by atoms with E-state index < -0.39 is 0 Å². The van der Waals surface area contributed by atoms with E-state index in [0.29, 0.717) is 17.0 Å². The first-order valence-electron chi connectivity index (χ1n) is 5.07. The summed E-state index contributed by atoms with van der Waals surface area (Å²) in [5, 5.41) is 4.20. The highest BCUT2D eigenvalue weighted by Crippen LogP contribution is 2.17. The average molecular weight is 248 g/mol. The molecule has 17 heavy (non-hydrogen) atoms. The quantitative estimate of drug-likeness (QED) is 0.595. The normalized spacial score (nSPS) is 17.8. The van der Waals surface area contributed by atoms with Crippen LogP contribution in [-0.2, 0) is 4.79 Å². The fraction of sp³-hybridized carbons (Fsp3) is 0.0769. The van der Waals surface area contributed by atoms with Gasteiger partial charge < -0.3 is 4.84 Å². The van der Waals surface area contributed by atoms with Crippen LogP contribution in [0, 0.1) is 0 Å². The first-order chi connectivity index (χ1) is 8.16. The molecular weight excluding hydrogens is 238 g/mol. The van der Waals surface area contributed by atoms with Crippen LogP contribution in [0.1, 0.15) is 6.92 Å². The number of hydrogen-bond donors (Lipinski definition) is 0. The number of para-hydroxylation sites is 1. The second-order valence-corrected chi connectivity index (χ2v) is 3.97. The first kappa shape index (κ1) is 11.6. The van der Waals surface area contributed by atoms with Crippen LogP contribution in [0.4, 0.5) is 0 Å². The van der Waals surface area contributed by atoms with E-state index >= 15 is 0 Å². The Morgan fingerprint density at radius 3 is 2.59 bits per heavy atom. The largest absolute Gasteiger partial charge is 0.356 e. The minimum absolute atomic E-state index is 0.103. The molecule has 0 bridgehead atoms. The van der Waals surface area contributed by atoms with Crippen LogP contribution in [0.3, 0.4) is 0 Å². The Balaban J connectivity index is 2.18. The molecule has 0 heterocycles. The van der Waals surface area contributed by atoms with Gasteiger partial charge in [-0.05, 0) is 30.7 Å². The van der Waals surface area contributed by atoms with Gasteiger partial charge in [-0.15, -0.1) is 0 Å². The molecule has 1 aliphatic carbocycles. The number of nitrogens with zero attached hydrogens (tertiary/aromatic N) is 1. The first-order valence-corrected chi connectivity index (χ1v) is 5.45. The van der Waals surface area contributed by atoms with Crippen LogP contribution in [-0.4, -0.2) is 11.5 Å². The van der Waals surface area contributed by atoms with Crippen molar-refractivity contribution in [2.45, 2.75) is 6.92 Å². The Kier molecular flexibility index (Phi) is 3.40. The van der Waals surface area contributed by atoms with E-state index in [-0.39, 0.29) is 10.8 Å². The van der Waals surface area contributed by atoms with E-state index in [1.807, 2.05) is 18.2 Å². The van der Waals surface area contributed by atoms with Gasteiger partial charge in [-0.2, -0.15) is 0 Å². The molecule has 0 saturated carbocycles. The zero-order chi connectivity index (χ0) is 12.3. The number of ketones is 1. The highest BCUT2D eigenvalue weighted by molar-refractivity contribution is 6.48. The molecule has 0 atom stereocenters. The molecule has 1 aromatic rings. The molecule has 1 aliphatic rings. The van der Waals surface area contributed by atoms with Gasteiger partial charge >= 0.3 is 0 Å². The zero-order valence-corrected chi connectivity index (χ0v) is 9.94. The molecule has 86 valence electrons. The number of allylic oxidation sites excluding steroid dienone is 4. The molecule has 3 nitrogen and oxygen atoms in total. The standard InChI is InChI=1S/C13H10ClNO2/c1-9-7-12(11(14)8-13(9)16)15-17-10-5-3-2-4-6-10/h2-8H,1H3. The van der Waals surface area contributed by atoms with Crippen molar-refractivity contribution in [1.29, 1.82) is 0 Å². The van der Waals surface area contributed by atoms with E-state index in [2.05, 4.69) is 5.16 Å². The number of halogens is 1. The van der Waals surface area contributed by atoms with Gasteiger partial charge in [0, 0.05) is 6.08 Å². The van der Waals surface area contributed by atoms with Crippen molar-refractivity contribution in [2.24, 2.45) is 5.16 Å². The van der Waals surface area contributed by atoms with E-state index in [9.17, 15) is 4.79 Å². The Bertz CT molecular complexity index is 530. The summed E-state index contributed by atoms with van der Waals surface area (Å²) in [5.74, 6) is 0.515.